The van der Waals surface area contributed by atoms with Crippen molar-refractivity contribution in [1.82, 2.24) is 0 Å². The zero-order valence-corrected chi connectivity index (χ0v) is 24.8. The Labute approximate surface area is 264 Å². The fourth-order valence-corrected chi connectivity index (χ4v) is 5.72. The minimum atomic E-state index is -0.0757. The second-order valence-electron chi connectivity index (χ2n) is 11.0. The lowest BCUT2D eigenvalue weighted by atomic mass is 9.98. The van der Waals surface area contributed by atoms with Crippen LogP contribution in [0.3, 0.4) is 0 Å². The molecule has 7 aromatic rings. The Hall–Kier alpha value is -5.99. The number of benzene rings is 7. The Balaban J connectivity index is 1.21. The monoisotopic (exact) mass is 577 g/mol. The van der Waals surface area contributed by atoms with Gasteiger partial charge >= 0.3 is 0 Å². The van der Waals surface area contributed by atoms with Gasteiger partial charge in [0, 0.05) is 16.9 Å². The van der Waals surface area contributed by atoms with Crippen LogP contribution in [0.2, 0.25) is 0 Å². The van der Waals surface area contributed by atoms with Gasteiger partial charge in [-0.25, -0.2) is 0 Å². The normalized spacial score (nSPS) is 10.8. The van der Waals surface area contributed by atoms with Crippen molar-refractivity contribution in [3.63, 3.8) is 0 Å². The van der Waals surface area contributed by atoms with E-state index in [9.17, 15) is 4.79 Å². The van der Waals surface area contributed by atoms with Crippen molar-refractivity contribution in [1.29, 1.82) is 0 Å². The van der Waals surface area contributed by atoms with Crippen molar-refractivity contribution in [3.05, 3.63) is 194 Å². The summed E-state index contributed by atoms with van der Waals surface area (Å²) >= 11 is 0. The highest BCUT2D eigenvalue weighted by Gasteiger charge is 2.20. The molecule has 214 valence electrons. The van der Waals surface area contributed by atoms with Gasteiger partial charge in [-0.3, -0.25) is 9.69 Å². The topological polar surface area (TPSA) is 20.3 Å². The number of hydrogen-bond donors (Lipinski definition) is 0. The molecule has 45 heavy (non-hydrogen) atoms. The van der Waals surface area contributed by atoms with Gasteiger partial charge in [0.15, 0.2) is 0 Å². The fraction of sp³-hybridized carbons (Fsp3) is 0. The van der Waals surface area contributed by atoms with E-state index in [1.165, 1.54) is 22.3 Å². The lowest BCUT2D eigenvalue weighted by Crippen LogP contribution is -2.25. The van der Waals surface area contributed by atoms with Crippen LogP contribution in [0.5, 0.6) is 0 Å². The SMILES string of the molecule is O=C(c1ccccc1)N(c1ccc(-c2cccc(-c3ccccc3)c2)cc1)c1ccc(-c2cccc(-c3ccccc3)c2)cc1. The van der Waals surface area contributed by atoms with E-state index in [0.717, 1.165) is 33.6 Å². The molecule has 0 atom stereocenters. The molecule has 0 bridgehead atoms. The number of carbonyl (C=O) groups excluding carboxylic acids is 1. The summed E-state index contributed by atoms with van der Waals surface area (Å²) in [5.74, 6) is -0.0757. The first-order valence-electron chi connectivity index (χ1n) is 15.1. The number of hydrogen-bond acceptors (Lipinski definition) is 1. The molecule has 0 heterocycles. The molecule has 0 radical (unpaired) electrons. The number of carbonyl (C=O) groups is 1. The Bertz CT molecular complexity index is 1910. The number of anilines is 2. The number of amides is 1. The molecule has 0 N–H and O–H groups in total. The van der Waals surface area contributed by atoms with Gasteiger partial charge in [-0.1, -0.05) is 140 Å². The van der Waals surface area contributed by atoms with Crippen LogP contribution >= 0.6 is 0 Å². The van der Waals surface area contributed by atoms with Crippen LogP contribution in [-0.2, 0) is 0 Å². The van der Waals surface area contributed by atoms with Crippen LogP contribution in [0.1, 0.15) is 10.4 Å². The molecule has 0 saturated heterocycles. The molecule has 0 aliphatic carbocycles. The van der Waals surface area contributed by atoms with Crippen molar-refractivity contribution in [3.8, 4) is 44.5 Å². The second kappa shape index (κ2) is 12.7. The van der Waals surface area contributed by atoms with Crippen molar-refractivity contribution in [2.45, 2.75) is 0 Å². The Morgan fingerprint density at radius 3 is 1.00 bits per heavy atom. The molecule has 0 saturated carbocycles. The van der Waals surface area contributed by atoms with Crippen LogP contribution < -0.4 is 4.90 Å². The number of nitrogens with zero attached hydrogens (tertiary/aromatic N) is 1. The molecular weight excluding hydrogens is 546 g/mol. The van der Waals surface area contributed by atoms with E-state index in [-0.39, 0.29) is 5.91 Å². The standard InChI is InChI=1S/C43H31NO/c45-43(36-16-8-3-9-17-36)44(41-26-22-34(23-27-41)39-20-10-18-37(30-39)32-12-4-1-5-13-32)42-28-24-35(25-29-42)40-21-11-19-38(31-40)33-14-6-2-7-15-33/h1-31H. The fourth-order valence-electron chi connectivity index (χ4n) is 5.72. The average Bonchev–Trinajstić information content (AvgIpc) is 3.13. The zero-order chi connectivity index (χ0) is 30.4. The Morgan fingerprint density at radius 1 is 0.311 bits per heavy atom. The zero-order valence-electron chi connectivity index (χ0n) is 24.8. The second-order valence-corrected chi connectivity index (χ2v) is 11.0. The summed E-state index contributed by atoms with van der Waals surface area (Å²) in [6.45, 7) is 0. The van der Waals surface area contributed by atoms with Crippen molar-refractivity contribution < 1.29 is 4.79 Å². The molecule has 0 unspecified atom stereocenters. The van der Waals surface area contributed by atoms with Gasteiger partial charge in [0.2, 0.25) is 0 Å². The average molecular weight is 578 g/mol. The van der Waals surface area contributed by atoms with Crippen LogP contribution in [0.4, 0.5) is 11.4 Å². The predicted octanol–water partition coefficient (Wildman–Crippen LogP) is 11.3. The van der Waals surface area contributed by atoms with Crippen LogP contribution in [0.15, 0.2) is 188 Å². The first-order valence-corrected chi connectivity index (χ1v) is 15.1. The minimum Gasteiger partial charge on any atom is -0.277 e. The number of rotatable bonds is 7. The van der Waals surface area contributed by atoms with E-state index >= 15 is 0 Å². The quantitative estimate of drug-likeness (QED) is 0.184. The maximum absolute atomic E-state index is 14.0. The first kappa shape index (κ1) is 27.8. The smallest absolute Gasteiger partial charge is 0.262 e. The van der Waals surface area contributed by atoms with Crippen LogP contribution in [0, 0.1) is 0 Å². The molecule has 2 nitrogen and oxygen atoms in total. The summed E-state index contributed by atoms with van der Waals surface area (Å²) in [6, 6.07) is 63.9. The maximum atomic E-state index is 14.0. The van der Waals surface area contributed by atoms with Gasteiger partial charge in [0.25, 0.3) is 5.91 Å². The minimum absolute atomic E-state index is 0.0757. The van der Waals surface area contributed by atoms with E-state index < -0.39 is 0 Å². The highest BCUT2D eigenvalue weighted by atomic mass is 16.2. The molecule has 7 aromatic carbocycles. The molecule has 0 aliphatic rings. The predicted molar refractivity (Wildman–Crippen MR) is 188 cm³/mol. The van der Waals surface area contributed by atoms with Crippen molar-refractivity contribution >= 4 is 17.3 Å². The van der Waals surface area contributed by atoms with E-state index in [1.54, 1.807) is 4.90 Å². The Morgan fingerprint density at radius 2 is 0.622 bits per heavy atom. The third-order valence-electron chi connectivity index (χ3n) is 8.08. The van der Waals surface area contributed by atoms with Crippen LogP contribution in [-0.4, -0.2) is 5.91 Å². The van der Waals surface area contributed by atoms with E-state index in [1.807, 2.05) is 66.7 Å². The molecule has 0 spiro atoms. The molecule has 7 rings (SSSR count). The molecule has 2 heteroatoms. The summed E-state index contributed by atoms with van der Waals surface area (Å²) in [4.78, 5) is 15.8. The molecule has 1 amide bonds. The summed E-state index contributed by atoms with van der Waals surface area (Å²) in [7, 11) is 0. The third kappa shape index (κ3) is 6.08. The van der Waals surface area contributed by atoms with Crippen molar-refractivity contribution in [2.75, 3.05) is 4.90 Å². The summed E-state index contributed by atoms with van der Waals surface area (Å²) in [6.07, 6.45) is 0. The highest BCUT2D eigenvalue weighted by molar-refractivity contribution is 6.11. The van der Waals surface area contributed by atoms with Gasteiger partial charge in [-0.2, -0.15) is 0 Å². The van der Waals surface area contributed by atoms with E-state index in [4.69, 9.17) is 0 Å². The molecule has 0 aliphatic heterocycles. The molecule has 0 fully saturated rings. The van der Waals surface area contributed by atoms with Gasteiger partial charge in [0.05, 0.1) is 0 Å². The summed E-state index contributed by atoms with van der Waals surface area (Å²) in [5.41, 5.74) is 11.4. The Kier molecular flexibility index (Phi) is 7.86. The molecule has 0 aromatic heterocycles. The summed E-state index contributed by atoms with van der Waals surface area (Å²) < 4.78 is 0. The lowest BCUT2D eigenvalue weighted by Gasteiger charge is -2.24. The largest absolute Gasteiger partial charge is 0.277 e. The van der Waals surface area contributed by atoms with Crippen LogP contribution in [0.25, 0.3) is 44.5 Å². The first-order chi connectivity index (χ1) is 22.2. The maximum Gasteiger partial charge on any atom is 0.262 e. The van der Waals surface area contributed by atoms with E-state index in [0.29, 0.717) is 5.56 Å². The van der Waals surface area contributed by atoms with E-state index in [2.05, 4.69) is 121 Å². The molecular formula is C43H31NO. The van der Waals surface area contributed by atoms with Crippen molar-refractivity contribution in [2.24, 2.45) is 0 Å². The highest BCUT2D eigenvalue weighted by Crippen LogP contribution is 2.34. The van der Waals surface area contributed by atoms with Gasteiger partial charge < -0.3 is 0 Å². The van der Waals surface area contributed by atoms with Gasteiger partial charge in [-0.15, -0.1) is 0 Å². The van der Waals surface area contributed by atoms with Gasteiger partial charge in [0.1, 0.15) is 0 Å². The third-order valence-corrected chi connectivity index (χ3v) is 8.08. The lowest BCUT2D eigenvalue weighted by molar-refractivity contribution is 0.0999. The summed E-state index contributed by atoms with van der Waals surface area (Å²) in [5, 5.41) is 0. The van der Waals surface area contributed by atoms with Gasteiger partial charge in [-0.05, 0) is 93.0 Å².